The number of imide groups is 1. The van der Waals surface area contributed by atoms with Crippen LogP contribution in [-0.4, -0.2) is 35.7 Å². The molecule has 1 aliphatic heterocycles. The van der Waals surface area contributed by atoms with Crippen LogP contribution in [-0.2, 0) is 9.59 Å². The third-order valence-corrected chi connectivity index (χ3v) is 4.01. The van der Waals surface area contributed by atoms with Gasteiger partial charge in [-0.3, -0.25) is 19.3 Å². The molecule has 6 heteroatoms. The van der Waals surface area contributed by atoms with E-state index in [1.54, 1.807) is 12.1 Å². The van der Waals surface area contributed by atoms with Crippen LogP contribution in [0, 0.1) is 6.92 Å². The fourth-order valence-corrected chi connectivity index (χ4v) is 2.53. The highest BCUT2D eigenvalue weighted by Crippen LogP contribution is 2.19. The number of rotatable bonds is 2. The highest BCUT2D eigenvalue weighted by Gasteiger charge is 2.33. The first-order valence-electron chi connectivity index (χ1n) is 6.27. The Hall–Kier alpha value is -1.69. The van der Waals surface area contributed by atoms with Crippen molar-refractivity contribution in [2.24, 2.45) is 0 Å². The van der Waals surface area contributed by atoms with Crippen molar-refractivity contribution in [2.75, 3.05) is 7.05 Å². The minimum atomic E-state index is -0.641. The van der Waals surface area contributed by atoms with Gasteiger partial charge in [-0.1, -0.05) is 11.6 Å². The van der Waals surface area contributed by atoms with Gasteiger partial charge in [0.15, 0.2) is 0 Å². The summed E-state index contributed by atoms with van der Waals surface area (Å²) in [5.41, 5.74) is 1.44. The number of benzene rings is 1. The van der Waals surface area contributed by atoms with Gasteiger partial charge in [-0.15, -0.1) is 0 Å². The highest BCUT2D eigenvalue weighted by molar-refractivity contribution is 9.10. The second-order valence-corrected chi connectivity index (χ2v) is 5.69. The average Bonchev–Trinajstić information content (AvgIpc) is 2.42. The van der Waals surface area contributed by atoms with E-state index in [1.165, 1.54) is 7.05 Å². The Morgan fingerprint density at radius 2 is 2.10 bits per heavy atom. The summed E-state index contributed by atoms with van der Waals surface area (Å²) in [4.78, 5) is 36.6. The molecule has 1 saturated heterocycles. The molecular formula is C14H15BrN2O3. The second-order valence-electron chi connectivity index (χ2n) is 4.84. The maximum Gasteiger partial charge on any atom is 0.253 e. The molecule has 0 aliphatic carbocycles. The molecule has 1 unspecified atom stereocenters. The van der Waals surface area contributed by atoms with E-state index in [9.17, 15) is 14.4 Å². The van der Waals surface area contributed by atoms with E-state index in [2.05, 4.69) is 21.2 Å². The Kier molecular flexibility index (Phi) is 4.23. The minimum absolute atomic E-state index is 0.211. The second kappa shape index (κ2) is 5.75. The Balaban J connectivity index is 2.14. The molecule has 1 N–H and O–H groups in total. The van der Waals surface area contributed by atoms with Crippen LogP contribution in [0.2, 0.25) is 0 Å². The van der Waals surface area contributed by atoms with Gasteiger partial charge < -0.3 is 5.32 Å². The van der Waals surface area contributed by atoms with Crippen molar-refractivity contribution in [1.29, 1.82) is 0 Å². The van der Waals surface area contributed by atoms with Crippen molar-refractivity contribution in [1.82, 2.24) is 10.2 Å². The van der Waals surface area contributed by atoms with Crippen molar-refractivity contribution >= 4 is 33.7 Å². The third-order valence-electron chi connectivity index (χ3n) is 3.32. The van der Waals surface area contributed by atoms with Gasteiger partial charge >= 0.3 is 0 Å². The zero-order valence-corrected chi connectivity index (χ0v) is 12.9. The highest BCUT2D eigenvalue weighted by atomic mass is 79.9. The number of aryl methyl sites for hydroxylation is 1. The Bertz CT molecular complexity index is 586. The molecule has 0 bridgehead atoms. The number of nitrogens with one attached hydrogen (secondary N) is 1. The maximum absolute atomic E-state index is 12.2. The standard InChI is InChI=1S/C14H15BrN2O3/c1-8-3-4-10(15)9(7-8)13(19)16-11-5-6-12(18)17(2)14(11)20/h3-4,7,11H,5-6H2,1-2H3,(H,16,19). The summed E-state index contributed by atoms with van der Waals surface area (Å²) in [7, 11) is 1.44. The smallest absolute Gasteiger partial charge is 0.253 e. The van der Waals surface area contributed by atoms with E-state index in [0.717, 1.165) is 10.5 Å². The quantitative estimate of drug-likeness (QED) is 0.833. The van der Waals surface area contributed by atoms with E-state index in [-0.39, 0.29) is 24.1 Å². The minimum Gasteiger partial charge on any atom is -0.340 e. The SMILES string of the molecule is Cc1ccc(Br)c(C(=O)NC2CCC(=O)N(C)C2=O)c1. The zero-order chi connectivity index (χ0) is 14.9. The lowest BCUT2D eigenvalue weighted by molar-refractivity contribution is -0.147. The summed E-state index contributed by atoms with van der Waals surface area (Å²) >= 11 is 3.32. The molecular weight excluding hydrogens is 324 g/mol. The average molecular weight is 339 g/mol. The Labute approximate surface area is 125 Å². The van der Waals surface area contributed by atoms with Crippen LogP contribution in [0.25, 0.3) is 0 Å². The van der Waals surface area contributed by atoms with Crippen LogP contribution in [0.4, 0.5) is 0 Å². The summed E-state index contributed by atoms with van der Waals surface area (Å²) < 4.78 is 0.674. The number of likely N-dealkylation sites (tertiary alicyclic amines) is 1. The summed E-state index contributed by atoms with van der Waals surface area (Å²) in [5.74, 6) is -0.891. The van der Waals surface area contributed by atoms with E-state index in [0.29, 0.717) is 16.5 Å². The Morgan fingerprint density at radius 3 is 2.80 bits per heavy atom. The lowest BCUT2D eigenvalue weighted by Crippen LogP contribution is -2.52. The summed E-state index contributed by atoms with van der Waals surface area (Å²) in [6, 6.07) is 4.79. The molecule has 0 saturated carbocycles. The first kappa shape index (κ1) is 14.7. The lowest BCUT2D eigenvalue weighted by atomic mass is 10.0. The van der Waals surface area contributed by atoms with Crippen molar-refractivity contribution in [2.45, 2.75) is 25.8 Å². The van der Waals surface area contributed by atoms with E-state index in [4.69, 9.17) is 0 Å². The largest absolute Gasteiger partial charge is 0.340 e. The number of carbonyl (C=O) groups is 3. The van der Waals surface area contributed by atoms with Gasteiger partial charge in [0.25, 0.3) is 11.8 Å². The molecule has 1 aromatic rings. The van der Waals surface area contributed by atoms with Gasteiger partial charge in [-0.25, -0.2) is 0 Å². The number of nitrogens with zero attached hydrogens (tertiary/aromatic N) is 1. The fraction of sp³-hybridized carbons (Fsp3) is 0.357. The molecule has 0 spiro atoms. The molecule has 1 atom stereocenters. The first-order chi connectivity index (χ1) is 9.40. The zero-order valence-electron chi connectivity index (χ0n) is 11.3. The first-order valence-corrected chi connectivity index (χ1v) is 7.07. The number of carbonyl (C=O) groups excluding carboxylic acids is 3. The molecule has 106 valence electrons. The number of likely N-dealkylation sites (N-methyl/N-ethyl adjacent to an activating group) is 1. The van der Waals surface area contributed by atoms with Gasteiger partial charge in [-0.05, 0) is 41.4 Å². The third kappa shape index (κ3) is 2.90. The van der Waals surface area contributed by atoms with Crippen molar-refractivity contribution in [3.05, 3.63) is 33.8 Å². The van der Waals surface area contributed by atoms with Crippen LogP contribution in [0.15, 0.2) is 22.7 Å². The van der Waals surface area contributed by atoms with Crippen molar-refractivity contribution in [3.63, 3.8) is 0 Å². The lowest BCUT2D eigenvalue weighted by Gasteiger charge is -2.28. The molecule has 20 heavy (non-hydrogen) atoms. The monoisotopic (exact) mass is 338 g/mol. The molecule has 1 heterocycles. The van der Waals surface area contributed by atoms with Gasteiger partial charge in [0.1, 0.15) is 6.04 Å². The molecule has 1 aromatic carbocycles. The number of piperidine rings is 1. The molecule has 0 aromatic heterocycles. The van der Waals surface area contributed by atoms with Crippen LogP contribution in [0.1, 0.15) is 28.8 Å². The molecule has 5 nitrogen and oxygen atoms in total. The number of hydrogen-bond acceptors (Lipinski definition) is 3. The predicted octanol–water partition coefficient (Wildman–Crippen LogP) is 1.63. The number of hydrogen-bond donors (Lipinski definition) is 1. The van der Waals surface area contributed by atoms with Crippen LogP contribution in [0.3, 0.4) is 0 Å². The summed E-state index contributed by atoms with van der Waals surface area (Å²) in [5, 5.41) is 2.69. The van der Waals surface area contributed by atoms with Gasteiger partial charge in [0.2, 0.25) is 5.91 Å². The normalized spacial score (nSPS) is 19.1. The summed E-state index contributed by atoms with van der Waals surface area (Å²) in [6.07, 6.45) is 0.610. The topological polar surface area (TPSA) is 66.5 Å². The van der Waals surface area contributed by atoms with Crippen molar-refractivity contribution in [3.8, 4) is 0 Å². The maximum atomic E-state index is 12.2. The van der Waals surface area contributed by atoms with Gasteiger partial charge in [0.05, 0.1) is 5.56 Å². The Morgan fingerprint density at radius 1 is 1.40 bits per heavy atom. The van der Waals surface area contributed by atoms with Crippen LogP contribution >= 0.6 is 15.9 Å². The van der Waals surface area contributed by atoms with E-state index < -0.39 is 6.04 Å². The molecule has 3 amide bonds. The molecule has 2 rings (SSSR count). The van der Waals surface area contributed by atoms with Crippen molar-refractivity contribution < 1.29 is 14.4 Å². The van der Waals surface area contributed by atoms with Crippen LogP contribution < -0.4 is 5.32 Å². The van der Waals surface area contributed by atoms with Crippen LogP contribution in [0.5, 0.6) is 0 Å². The van der Waals surface area contributed by atoms with E-state index in [1.807, 2.05) is 13.0 Å². The molecule has 0 radical (unpaired) electrons. The summed E-state index contributed by atoms with van der Waals surface area (Å²) in [6.45, 7) is 1.89. The van der Waals surface area contributed by atoms with E-state index >= 15 is 0 Å². The fourth-order valence-electron chi connectivity index (χ4n) is 2.10. The number of amides is 3. The van der Waals surface area contributed by atoms with Gasteiger partial charge in [-0.2, -0.15) is 0 Å². The predicted molar refractivity (Wildman–Crippen MR) is 77.1 cm³/mol. The molecule has 1 fully saturated rings. The van der Waals surface area contributed by atoms with Gasteiger partial charge in [0, 0.05) is 17.9 Å². The molecule has 1 aliphatic rings. The number of halogens is 1.